The highest BCUT2D eigenvalue weighted by Crippen LogP contribution is 2.44. The van der Waals surface area contributed by atoms with Crippen LogP contribution >= 0.6 is 15.9 Å². The first-order chi connectivity index (χ1) is 19.2. The molecule has 0 aliphatic carbocycles. The quantitative estimate of drug-likeness (QED) is 0.132. The van der Waals surface area contributed by atoms with Crippen molar-refractivity contribution in [2.75, 3.05) is 33.6 Å². The van der Waals surface area contributed by atoms with E-state index in [2.05, 4.69) is 52.2 Å². The molecule has 0 radical (unpaired) electrons. The van der Waals surface area contributed by atoms with Crippen LogP contribution in [0, 0.1) is 0 Å². The Kier molecular flexibility index (Phi) is 9.52. The zero-order valence-electron chi connectivity index (χ0n) is 25.5. The van der Waals surface area contributed by atoms with Gasteiger partial charge in [0.15, 0.2) is 12.4 Å². The molecule has 11 heteroatoms. The van der Waals surface area contributed by atoms with Gasteiger partial charge in [0, 0.05) is 61.4 Å². The largest absolute Gasteiger partial charge is 0.467 e. The number of benzene rings is 1. The lowest BCUT2D eigenvalue weighted by atomic mass is 9.85. The summed E-state index contributed by atoms with van der Waals surface area (Å²) in [6.07, 6.45) is 0.491. The standard InChI is InChI=1S/C30H43BrN4O5Si/c1-29(2,3)40-28(36)34-14-13-30(4,18-34)26-25(31)22-17-23(21-11-9-10-12-24(21)39-20-37-5)32-33-27(22)35(26)19-38-15-16-41(6,7)8/h9-12,17H,13-16,18-20H2,1-8H3. The van der Waals surface area contributed by atoms with Gasteiger partial charge in [-0.1, -0.05) is 38.7 Å². The number of carbonyl (C=O) groups excluding carboxylic acids is 1. The minimum Gasteiger partial charge on any atom is -0.467 e. The van der Waals surface area contributed by atoms with E-state index in [1.165, 1.54) is 0 Å². The van der Waals surface area contributed by atoms with Crippen LogP contribution in [0.4, 0.5) is 4.79 Å². The van der Waals surface area contributed by atoms with E-state index in [1.807, 2.05) is 51.1 Å². The van der Waals surface area contributed by atoms with E-state index in [4.69, 9.17) is 24.0 Å². The highest BCUT2D eigenvalue weighted by atomic mass is 79.9. The van der Waals surface area contributed by atoms with Crippen molar-refractivity contribution in [3.8, 4) is 17.0 Å². The molecule has 0 bridgehead atoms. The third-order valence-electron chi connectivity index (χ3n) is 7.15. The molecule has 1 amide bonds. The van der Waals surface area contributed by atoms with Gasteiger partial charge >= 0.3 is 6.09 Å². The van der Waals surface area contributed by atoms with Gasteiger partial charge in [-0.2, -0.15) is 0 Å². The highest BCUT2D eigenvalue weighted by molar-refractivity contribution is 9.10. The summed E-state index contributed by atoms with van der Waals surface area (Å²) in [5, 5.41) is 10.3. The van der Waals surface area contributed by atoms with Crippen LogP contribution in [0.3, 0.4) is 0 Å². The maximum Gasteiger partial charge on any atom is 0.410 e. The van der Waals surface area contributed by atoms with E-state index < -0.39 is 13.7 Å². The Balaban J connectivity index is 1.74. The second kappa shape index (κ2) is 12.4. The fraction of sp³-hybridized carbons (Fsp3) is 0.567. The van der Waals surface area contributed by atoms with Crippen LogP contribution in [0.15, 0.2) is 34.8 Å². The van der Waals surface area contributed by atoms with Crippen molar-refractivity contribution >= 4 is 41.1 Å². The minimum atomic E-state index is -1.25. The first-order valence-electron chi connectivity index (χ1n) is 14.1. The third-order valence-corrected chi connectivity index (χ3v) is 9.66. The molecule has 1 aliphatic heterocycles. The first-order valence-corrected chi connectivity index (χ1v) is 18.6. The van der Waals surface area contributed by atoms with Crippen molar-refractivity contribution in [2.45, 2.75) is 77.5 Å². The highest BCUT2D eigenvalue weighted by Gasteiger charge is 2.43. The molecule has 224 valence electrons. The number of ether oxygens (including phenoxy) is 4. The van der Waals surface area contributed by atoms with Gasteiger partial charge in [0.2, 0.25) is 0 Å². The fourth-order valence-electron chi connectivity index (χ4n) is 5.04. The molecular formula is C30H43BrN4O5Si. The van der Waals surface area contributed by atoms with Crippen LogP contribution in [0.5, 0.6) is 5.75 Å². The predicted octanol–water partition coefficient (Wildman–Crippen LogP) is 7.05. The second-order valence-corrected chi connectivity index (χ2v) is 19.6. The van der Waals surface area contributed by atoms with Crippen molar-refractivity contribution in [1.29, 1.82) is 0 Å². The number of carbonyl (C=O) groups is 1. The van der Waals surface area contributed by atoms with Crippen LogP contribution < -0.4 is 4.74 Å². The number of nitrogens with zero attached hydrogens (tertiary/aromatic N) is 4. The molecule has 2 aromatic heterocycles. The summed E-state index contributed by atoms with van der Waals surface area (Å²) < 4.78 is 25.9. The summed E-state index contributed by atoms with van der Waals surface area (Å²) >= 11 is 3.94. The molecular weight excluding hydrogens is 604 g/mol. The summed E-state index contributed by atoms with van der Waals surface area (Å²) in [5.74, 6) is 0.671. The number of hydrogen-bond acceptors (Lipinski definition) is 7. The van der Waals surface area contributed by atoms with Crippen LogP contribution in [0.1, 0.15) is 39.8 Å². The van der Waals surface area contributed by atoms with Crippen molar-refractivity contribution in [1.82, 2.24) is 19.7 Å². The predicted molar refractivity (Wildman–Crippen MR) is 167 cm³/mol. The zero-order valence-corrected chi connectivity index (χ0v) is 28.1. The summed E-state index contributed by atoms with van der Waals surface area (Å²) in [4.78, 5) is 14.8. The topological polar surface area (TPSA) is 87.9 Å². The molecule has 0 N–H and O–H groups in total. The van der Waals surface area contributed by atoms with Crippen LogP contribution in [-0.2, 0) is 26.4 Å². The molecule has 3 aromatic rings. The van der Waals surface area contributed by atoms with E-state index in [0.717, 1.165) is 39.2 Å². The van der Waals surface area contributed by atoms with Gasteiger partial charge in [-0.3, -0.25) is 0 Å². The second-order valence-electron chi connectivity index (χ2n) is 13.2. The van der Waals surface area contributed by atoms with E-state index in [0.29, 0.717) is 37.9 Å². The Labute approximate surface area is 252 Å². The molecule has 9 nitrogen and oxygen atoms in total. The SMILES string of the molecule is COCOc1ccccc1-c1cc2c(Br)c(C3(C)CCN(C(=O)OC(C)(C)C)C3)n(COCC[Si](C)(C)C)c2nn1. The molecule has 1 atom stereocenters. The number of fused-ring (bicyclic) bond motifs is 1. The smallest absolute Gasteiger partial charge is 0.410 e. The van der Waals surface area contributed by atoms with E-state index in [1.54, 1.807) is 12.0 Å². The molecule has 1 aliphatic rings. The van der Waals surface area contributed by atoms with Crippen molar-refractivity contribution < 1.29 is 23.7 Å². The lowest BCUT2D eigenvalue weighted by Crippen LogP contribution is -2.38. The molecule has 0 saturated carbocycles. The van der Waals surface area contributed by atoms with Gasteiger partial charge < -0.3 is 28.4 Å². The first kappa shape index (κ1) is 31.5. The summed E-state index contributed by atoms with van der Waals surface area (Å²) in [6, 6.07) is 10.8. The minimum absolute atomic E-state index is 0.137. The number of rotatable bonds is 10. The van der Waals surface area contributed by atoms with Crippen molar-refractivity contribution in [2.24, 2.45) is 0 Å². The molecule has 41 heavy (non-hydrogen) atoms. The Bertz CT molecular complexity index is 1380. The maximum atomic E-state index is 13.0. The third kappa shape index (κ3) is 7.49. The number of hydrogen-bond donors (Lipinski definition) is 0. The van der Waals surface area contributed by atoms with Crippen molar-refractivity contribution in [3.05, 3.63) is 40.5 Å². The van der Waals surface area contributed by atoms with Gasteiger partial charge in [-0.15, -0.1) is 10.2 Å². The number of aromatic nitrogens is 3. The molecule has 4 rings (SSSR count). The van der Waals surface area contributed by atoms with Gasteiger partial charge in [-0.25, -0.2) is 4.79 Å². The zero-order chi connectivity index (χ0) is 30.0. The summed E-state index contributed by atoms with van der Waals surface area (Å²) in [7, 11) is 0.343. The van der Waals surface area contributed by atoms with Gasteiger partial charge in [0.1, 0.15) is 18.1 Å². The van der Waals surface area contributed by atoms with E-state index in [9.17, 15) is 4.79 Å². The number of halogens is 1. The number of para-hydroxylation sites is 1. The molecule has 3 heterocycles. The van der Waals surface area contributed by atoms with Crippen LogP contribution in [0.25, 0.3) is 22.3 Å². The Morgan fingerprint density at radius 2 is 1.90 bits per heavy atom. The monoisotopic (exact) mass is 646 g/mol. The average Bonchev–Trinajstić information content (AvgIpc) is 3.42. The lowest BCUT2D eigenvalue weighted by Gasteiger charge is -2.28. The molecule has 0 spiro atoms. The average molecular weight is 648 g/mol. The van der Waals surface area contributed by atoms with Crippen molar-refractivity contribution in [3.63, 3.8) is 0 Å². The van der Waals surface area contributed by atoms with E-state index in [-0.39, 0.29) is 18.3 Å². The van der Waals surface area contributed by atoms with E-state index >= 15 is 0 Å². The molecule has 1 fully saturated rings. The molecule has 1 unspecified atom stereocenters. The van der Waals surface area contributed by atoms with Crippen LogP contribution in [0.2, 0.25) is 25.7 Å². The summed E-state index contributed by atoms with van der Waals surface area (Å²) in [6.45, 7) is 17.2. The normalized spacial score (nSPS) is 17.8. The maximum absolute atomic E-state index is 13.0. The fourth-order valence-corrected chi connectivity index (χ4v) is 6.78. The number of amides is 1. The van der Waals surface area contributed by atoms with Gasteiger partial charge in [-0.05, 0) is 67.4 Å². The van der Waals surface area contributed by atoms with Gasteiger partial charge in [0.05, 0.1) is 5.69 Å². The Morgan fingerprint density at radius 3 is 2.59 bits per heavy atom. The molecule has 1 aromatic carbocycles. The number of methoxy groups -OCH3 is 1. The van der Waals surface area contributed by atoms with Gasteiger partial charge in [0.25, 0.3) is 0 Å². The lowest BCUT2D eigenvalue weighted by molar-refractivity contribution is 0.0283. The molecule has 1 saturated heterocycles. The summed E-state index contributed by atoms with van der Waals surface area (Å²) in [5.41, 5.74) is 2.40. The van der Waals surface area contributed by atoms with Crippen LogP contribution in [-0.4, -0.2) is 73.0 Å². The number of likely N-dealkylation sites (tertiary alicyclic amines) is 1. The Hall–Kier alpha value is -2.47. The Morgan fingerprint density at radius 1 is 1.17 bits per heavy atom.